The van der Waals surface area contributed by atoms with Crippen molar-refractivity contribution in [1.29, 1.82) is 0 Å². The molecule has 0 saturated heterocycles. The van der Waals surface area contributed by atoms with Crippen LogP contribution in [-0.2, 0) is 0 Å². The molecule has 0 saturated carbocycles. The lowest BCUT2D eigenvalue weighted by atomic mass is 10.0. The van der Waals surface area contributed by atoms with Gasteiger partial charge in [0.15, 0.2) is 0 Å². The number of hydrazone groups is 1. The molecule has 0 atom stereocenters. The van der Waals surface area contributed by atoms with Crippen LogP contribution in [0, 0.1) is 0 Å². The SMILES string of the molecule is CCCCOc1ccc(/C=N\NC(=O)c2[nH]c3ccc(Cl)cc3c2-c2ccccc2)cc1. The highest BCUT2D eigenvalue weighted by Crippen LogP contribution is 2.34. The van der Waals surface area contributed by atoms with Crippen LogP contribution in [0.5, 0.6) is 5.75 Å². The van der Waals surface area contributed by atoms with Crippen LogP contribution in [0.2, 0.25) is 5.02 Å². The minimum absolute atomic E-state index is 0.327. The second-order valence-corrected chi connectivity index (χ2v) is 7.84. The summed E-state index contributed by atoms with van der Waals surface area (Å²) in [6.07, 6.45) is 3.73. The number of nitrogens with one attached hydrogen (secondary N) is 2. The first-order valence-corrected chi connectivity index (χ1v) is 11.0. The molecule has 0 bridgehead atoms. The van der Waals surface area contributed by atoms with Crippen molar-refractivity contribution in [1.82, 2.24) is 10.4 Å². The molecule has 3 aromatic carbocycles. The molecule has 5 nitrogen and oxygen atoms in total. The van der Waals surface area contributed by atoms with Crippen LogP contribution in [0.4, 0.5) is 0 Å². The second-order valence-electron chi connectivity index (χ2n) is 7.40. The summed E-state index contributed by atoms with van der Waals surface area (Å²) in [6, 6.07) is 22.9. The zero-order valence-electron chi connectivity index (χ0n) is 17.8. The van der Waals surface area contributed by atoms with Gasteiger partial charge in [0, 0.05) is 21.5 Å². The van der Waals surface area contributed by atoms with Crippen LogP contribution >= 0.6 is 11.6 Å². The number of unbranched alkanes of at least 4 members (excludes halogenated alkanes) is 1. The molecule has 1 amide bonds. The van der Waals surface area contributed by atoms with E-state index in [2.05, 4.69) is 22.4 Å². The monoisotopic (exact) mass is 445 g/mol. The van der Waals surface area contributed by atoms with E-state index in [9.17, 15) is 4.79 Å². The van der Waals surface area contributed by atoms with Crippen LogP contribution in [0.3, 0.4) is 0 Å². The van der Waals surface area contributed by atoms with Crippen molar-refractivity contribution in [3.05, 3.63) is 89.1 Å². The Morgan fingerprint density at radius 1 is 1.09 bits per heavy atom. The molecular weight excluding hydrogens is 422 g/mol. The summed E-state index contributed by atoms with van der Waals surface area (Å²) >= 11 is 6.22. The van der Waals surface area contributed by atoms with E-state index < -0.39 is 0 Å². The number of fused-ring (bicyclic) bond motifs is 1. The van der Waals surface area contributed by atoms with Gasteiger partial charge in [-0.05, 0) is 60.0 Å². The summed E-state index contributed by atoms with van der Waals surface area (Å²) in [5.41, 5.74) is 6.48. The zero-order chi connectivity index (χ0) is 22.3. The Bertz CT molecular complexity index is 1230. The van der Waals surface area contributed by atoms with E-state index in [1.165, 1.54) is 0 Å². The second kappa shape index (κ2) is 10.2. The Kier molecular flexibility index (Phi) is 6.87. The molecular formula is C26H24ClN3O2. The Hall–Kier alpha value is -3.57. The van der Waals surface area contributed by atoms with E-state index in [4.69, 9.17) is 16.3 Å². The summed E-state index contributed by atoms with van der Waals surface area (Å²) < 4.78 is 5.67. The Morgan fingerprint density at radius 2 is 1.88 bits per heavy atom. The molecule has 1 aromatic heterocycles. The van der Waals surface area contributed by atoms with Gasteiger partial charge in [0.1, 0.15) is 11.4 Å². The molecule has 6 heteroatoms. The summed E-state index contributed by atoms with van der Waals surface area (Å²) in [6.45, 7) is 2.84. The lowest BCUT2D eigenvalue weighted by molar-refractivity contribution is 0.0951. The number of ether oxygens (including phenoxy) is 1. The molecule has 4 rings (SSSR count). The number of halogens is 1. The first kappa shape index (κ1) is 21.7. The molecule has 0 unspecified atom stereocenters. The number of carbonyl (C=O) groups excluding carboxylic acids is 1. The Morgan fingerprint density at radius 3 is 2.62 bits per heavy atom. The molecule has 0 aliphatic heterocycles. The van der Waals surface area contributed by atoms with Crippen LogP contribution < -0.4 is 10.2 Å². The summed E-state index contributed by atoms with van der Waals surface area (Å²) in [7, 11) is 0. The van der Waals surface area contributed by atoms with Gasteiger partial charge in [-0.1, -0.05) is 55.3 Å². The Balaban J connectivity index is 1.53. The normalized spacial score (nSPS) is 11.2. The van der Waals surface area contributed by atoms with E-state index in [0.717, 1.165) is 46.2 Å². The molecule has 32 heavy (non-hydrogen) atoms. The standard InChI is InChI=1S/C26H24ClN3O2/c1-2-3-15-32-21-12-9-18(10-13-21)17-28-30-26(31)25-24(19-7-5-4-6-8-19)22-16-20(27)11-14-23(22)29-25/h4-14,16-17,29H,2-3,15H2,1H3,(H,30,31)/b28-17-. The van der Waals surface area contributed by atoms with Crippen LogP contribution in [0.1, 0.15) is 35.8 Å². The number of hydrogen-bond donors (Lipinski definition) is 2. The van der Waals surface area contributed by atoms with Gasteiger partial charge in [-0.25, -0.2) is 5.43 Å². The molecule has 2 N–H and O–H groups in total. The van der Waals surface area contributed by atoms with Crippen LogP contribution in [-0.4, -0.2) is 23.7 Å². The maximum absolute atomic E-state index is 13.0. The van der Waals surface area contributed by atoms with E-state index in [-0.39, 0.29) is 5.91 Å². The largest absolute Gasteiger partial charge is 0.494 e. The van der Waals surface area contributed by atoms with Gasteiger partial charge >= 0.3 is 0 Å². The van der Waals surface area contributed by atoms with Crippen molar-refractivity contribution < 1.29 is 9.53 Å². The molecule has 0 fully saturated rings. The highest BCUT2D eigenvalue weighted by molar-refractivity contribution is 6.31. The maximum Gasteiger partial charge on any atom is 0.288 e. The van der Waals surface area contributed by atoms with E-state index in [1.807, 2.05) is 66.7 Å². The number of benzene rings is 3. The maximum atomic E-state index is 13.0. The van der Waals surface area contributed by atoms with Gasteiger partial charge in [0.25, 0.3) is 5.91 Å². The highest BCUT2D eigenvalue weighted by atomic mass is 35.5. The third-order valence-electron chi connectivity index (χ3n) is 5.08. The average molecular weight is 446 g/mol. The number of rotatable bonds is 8. The first-order valence-electron chi connectivity index (χ1n) is 10.6. The van der Waals surface area contributed by atoms with Crippen molar-refractivity contribution in [2.45, 2.75) is 19.8 Å². The number of H-pyrrole nitrogens is 1. The lowest BCUT2D eigenvalue weighted by Crippen LogP contribution is -2.18. The fraction of sp³-hybridized carbons (Fsp3) is 0.154. The van der Waals surface area contributed by atoms with Gasteiger partial charge in [0.2, 0.25) is 0 Å². The highest BCUT2D eigenvalue weighted by Gasteiger charge is 2.19. The quantitative estimate of drug-likeness (QED) is 0.186. The number of nitrogens with zero attached hydrogens (tertiary/aromatic N) is 1. The van der Waals surface area contributed by atoms with E-state index >= 15 is 0 Å². The minimum atomic E-state index is -0.327. The van der Waals surface area contributed by atoms with Gasteiger partial charge in [-0.3, -0.25) is 4.79 Å². The van der Waals surface area contributed by atoms with E-state index in [0.29, 0.717) is 17.3 Å². The Labute approximate surface area is 192 Å². The van der Waals surface area contributed by atoms with Crippen molar-refractivity contribution >= 4 is 34.6 Å². The number of aromatic amines is 1. The van der Waals surface area contributed by atoms with Gasteiger partial charge in [-0.15, -0.1) is 0 Å². The van der Waals surface area contributed by atoms with Gasteiger partial charge < -0.3 is 9.72 Å². The number of amides is 1. The fourth-order valence-electron chi connectivity index (χ4n) is 3.44. The molecule has 1 heterocycles. The molecule has 0 aliphatic rings. The predicted octanol–water partition coefficient (Wildman–Crippen LogP) is 6.43. The smallest absolute Gasteiger partial charge is 0.288 e. The molecule has 0 spiro atoms. The number of hydrogen-bond acceptors (Lipinski definition) is 3. The third kappa shape index (κ3) is 5.01. The van der Waals surface area contributed by atoms with Gasteiger partial charge in [-0.2, -0.15) is 5.10 Å². The minimum Gasteiger partial charge on any atom is -0.494 e. The number of aromatic nitrogens is 1. The fourth-order valence-corrected chi connectivity index (χ4v) is 3.62. The molecule has 0 radical (unpaired) electrons. The van der Waals surface area contributed by atoms with Crippen LogP contribution in [0.15, 0.2) is 77.9 Å². The predicted molar refractivity (Wildman–Crippen MR) is 131 cm³/mol. The van der Waals surface area contributed by atoms with Crippen molar-refractivity contribution in [3.63, 3.8) is 0 Å². The third-order valence-corrected chi connectivity index (χ3v) is 5.31. The van der Waals surface area contributed by atoms with E-state index in [1.54, 1.807) is 12.3 Å². The summed E-state index contributed by atoms with van der Waals surface area (Å²) in [4.78, 5) is 16.2. The molecule has 4 aromatic rings. The topological polar surface area (TPSA) is 66.5 Å². The van der Waals surface area contributed by atoms with Crippen LogP contribution in [0.25, 0.3) is 22.0 Å². The van der Waals surface area contributed by atoms with Gasteiger partial charge in [0.05, 0.1) is 12.8 Å². The first-order chi connectivity index (χ1) is 15.7. The van der Waals surface area contributed by atoms with Crippen molar-refractivity contribution in [2.75, 3.05) is 6.61 Å². The molecule has 0 aliphatic carbocycles. The van der Waals surface area contributed by atoms with Crippen molar-refractivity contribution in [3.8, 4) is 16.9 Å². The average Bonchev–Trinajstić information content (AvgIpc) is 3.19. The number of carbonyl (C=O) groups is 1. The lowest BCUT2D eigenvalue weighted by Gasteiger charge is -2.05. The summed E-state index contributed by atoms with van der Waals surface area (Å²) in [5.74, 6) is 0.496. The van der Waals surface area contributed by atoms with Crippen molar-refractivity contribution in [2.24, 2.45) is 5.10 Å². The molecule has 162 valence electrons. The zero-order valence-corrected chi connectivity index (χ0v) is 18.5. The summed E-state index contributed by atoms with van der Waals surface area (Å²) in [5, 5.41) is 5.63.